The molecule has 0 bridgehead atoms. The third-order valence-electron chi connectivity index (χ3n) is 12.3. The summed E-state index contributed by atoms with van der Waals surface area (Å²) in [5.74, 6) is 1.89. The number of pyridine rings is 1. The van der Waals surface area contributed by atoms with Crippen LogP contribution in [0.5, 0.6) is 11.5 Å². The van der Waals surface area contributed by atoms with Crippen molar-refractivity contribution in [1.82, 2.24) is 14.1 Å². The zero-order chi connectivity index (χ0) is 55.3. The molecule has 0 aliphatic carbocycles. The molecule has 5 nitrogen and oxygen atoms in total. The Morgan fingerprint density at radius 2 is 1.21 bits per heavy atom. The van der Waals surface area contributed by atoms with Crippen molar-refractivity contribution < 1.29 is 23.0 Å². The zero-order valence-corrected chi connectivity index (χ0v) is 38.8. The average molecular weight is 893 g/mol. The van der Waals surface area contributed by atoms with E-state index in [9.17, 15) is 0 Å². The third kappa shape index (κ3) is 8.04. The Morgan fingerprint density at radius 3 is 1.90 bits per heavy atom. The molecule has 332 valence electrons. The lowest BCUT2D eigenvalue weighted by Crippen LogP contribution is -2.31. The molecule has 0 atom stereocenters. The molecule has 0 radical (unpaired) electrons. The maximum Gasteiger partial charge on any atom is 0.269 e. The number of para-hydroxylation sites is 4. The molecule has 5 heteroatoms. The van der Waals surface area contributed by atoms with Gasteiger partial charge >= 0.3 is 0 Å². The van der Waals surface area contributed by atoms with Crippen LogP contribution in [0.4, 0.5) is 0 Å². The highest BCUT2D eigenvalue weighted by Crippen LogP contribution is 2.39. The van der Waals surface area contributed by atoms with Gasteiger partial charge in [-0.3, -0.25) is 13.7 Å². The summed E-state index contributed by atoms with van der Waals surface area (Å²) in [5, 5.41) is 2.12. The molecule has 0 spiro atoms. The van der Waals surface area contributed by atoms with Crippen LogP contribution in [0.25, 0.3) is 83.4 Å². The van der Waals surface area contributed by atoms with Crippen molar-refractivity contribution in [3.05, 3.63) is 224 Å². The van der Waals surface area contributed by atoms with Gasteiger partial charge in [0.2, 0.25) is 0 Å². The van der Waals surface area contributed by atoms with Gasteiger partial charge in [-0.15, -0.1) is 0 Å². The van der Waals surface area contributed by atoms with E-state index >= 15 is 0 Å². The highest BCUT2D eigenvalue weighted by molar-refractivity contribution is 6.09. The maximum absolute atomic E-state index is 9.05. The molecule has 0 N–H and O–H groups in total. The summed E-state index contributed by atoms with van der Waals surface area (Å²) in [7, 11) is 0. The highest BCUT2D eigenvalue weighted by Gasteiger charge is 2.22. The first kappa shape index (κ1) is 32.6. The molecule has 3 heterocycles. The number of aromatic nitrogens is 4. The fourth-order valence-corrected chi connectivity index (χ4v) is 9.19. The summed E-state index contributed by atoms with van der Waals surface area (Å²) in [6.07, 6.45) is 6.30. The zero-order valence-electron chi connectivity index (χ0n) is 48.8. The predicted octanol–water partition coefficient (Wildman–Crippen LogP) is 15.9. The average Bonchev–Trinajstić information content (AvgIpc) is 4.17. The summed E-state index contributed by atoms with van der Waals surface area (Å²) in [4.78, 5) is 5.18. The molecule has 11 rings (SSSR count). The summed E-state index contributed by atoms with van der Waals surface area (Å²) >= 11 is 0. The molecule has 0 saturated heterocycles. The van der Waals surface area contributed by atoms with Crippen molar-refractivity contribution in [2.24, 2.45) is 5.41 Å². The van der Waals surface area contributed by atoms with Gasteiger partial charge in [0, 0.05) is 28.6 Å². The number of hydrogen-bond donors (Lipinski definition) is 0. The summed E-state index contributed by atoms with van der Waals surface area (Å²) in [6.45, 7) is 13.4. The molecule has 0 fully saturated rings. The van der Waals surface area contributed by atoms with Crippen LogP contribution in [-0.4, -0.2) is 14.1 Å². The van der Waals surface area contributed by atoms with E-state index in [1.807, 2.05) is 79.0 Å². The second-order valence-electron chi connectivity index (χ2n) is 19.4. The second kappa shape index (κ2) is 17.0. The van der Waals surface area contributed by atoms with Crippen LogP contribution in [0.15, 0.2) is 206 Å². The predicted molar refractivity (Wildman–Crippen MR) is 280 cm³/mol. The normalized spacial score (nSPS) is 14.1. The number of imidazole rings is 1. The fraction of sp³-hybridized carbons (Fsp3) is 0.143. The second-order valence-corrected chi connectivity index (χ2v) is 19.4. The van der Waals surface area contributed by atoms with Gasteiger partial charge in [0.15, 0.2) is 0 Å². The minimum absolute atomic E-state index is 0.00419. The Balaban J connectivity index is 1.04. The van der Waals surface area contributed by atoms with Gasteiger partial charge in [-0.1, -0.05) is 193 Å². The molecule has 8 aromatic carbocycles. The molecule has 0 aliphatic heterocycles. The Bertz CT molecular complexity index is 4100. The minimum Gasteiger partial charge on any atom is -0.458 e. The van der Waals surface area contributed by atoms with Gasteiger partial charge < -0.3 is 4.74 Å². The largest absolute Gasteiger partial charge is 0.458 e. The van der Waals surface area contributed by atoms with Gasteiger partial charge in [-0.2, -0.15) is 0 Å². The topological polar surface area (TPSA) is 35.9 Å². The first-order chi connectivity index (χ1) is 37.1. The number of benzene rings is 8. The van der Waals surface area contributed by atoms with Crippen LogP contribution < -0.4 is 9.30 Å². The molecule has 0 aliphatic rings. The highest BCUT2D eigenvalue weighted by atomic mass is 16.5. The SMILES string of the molecule is [2H]c1c([2H])c([2H])c(-c2cccc(-c3c([2H])c([2H])c([2H])c([2H])c3[2H])c2-[n+]2[c-]n(-c3cccc(Oc4ccc5c6ccccc6n(-c6cc(CC(C)(C)C)c(-c7ccc(C(C)(C)C)cc7)cn6)c5c4)c3)c3ccccc32)c([2H])c1[2H]. The smallest absolute Gasteiger partial charge is 0.269 e. The van der Waals surface area contributed by atoms with Gasteiger partial charge in [-0.05, 0) is 98.7 Å². The van der Waals surface area contributed by atoms with E-state index in [1.54, 1.807) is 27.3 Å². The van der Waals surface area contributed by atoms with Crippen LogP contribution in [0.3, 0.4) is 0 Å². The van der Waals surface area contributed by atoms with Crippen LogP contribution in [0.1, 0.15) is 66.4 Å². The minimum atomic E-state index is -0.567. The Hall–Kier alpha value is -8.02. The molecule has 3 aromatic heterocycles. The Labute approximate surface area is 413 Å². The van der Waals surface area contributed by atoms with Crippen LogP contribution in [-0.2, 0) is 11.8 Å². The van der Waals surface area contributed by atoms with E-state index in [4.69, 9.17) is 23.4 Å². The molecule has 11 aromatic rings. The standard InChI is InChI=1S/C63H54N4O/c1-62(2,3)40-46-37-60(64-41-55(46)45-31-33-47(34-32-45)63(4,5)6)67-56-28-14-13-25-53(56)54-36-35-50(39-59(54)67)68-49-24-17-23-48(38-49)65-42-66(58-30-16-15-29-57(58)65)61-51(43-19-9-7-10-20-43)26-18-27-52(61)44-21-11-8-12-22-44/h7-39,41H,40H2,1-6H3/i7D,8D,9D,10D,11D,12D,19D,20D,21D,22D. The van der Waals surface area contributed by atoms with E-state index in [0.717, 1.165) is 45.2 Å². The van der Waals surface area contributed by atoms with Crippen molar-refractivity contribution >= 4 is 32.8 Å². The first-order valence-electron chi connectivity index (χ1n) is 27.8. The van der Waals surface area contributed by atoms with Gasteiger partial charge in [-0.25, -0.2) is 4.98 Å². The molecule has 0 unspecified atom stereocenters. The van der Waals surface area contributed by atoms with Gasteiger partial charge in [0.1, 0.15) is 17.3 Å². The number of fused-ring (bicyclic) bond motifs is 4. The number of nitrogens with zero attached hydrogens (tertiary/aromatic N) is 4. The van der Waals surface area contributed by atoms with Crippen molar-refractivity contribution in [2.75, 3.05) is 0 Å². The van der Waals surface area contributed by atoms with Crippen molar-refractivity contribution in [3.8, 4) is 62.1 Å². The maximum atomic E-state index is 9.05. The molecule has 0 saturated carbocycles. The van der Waals surface area contributed by atoms with E-state index in [-0.39, 0.29) is 38.8 Å². The summed E-state index contributed by atoms with van der Waals surface area (Å²) < 4.78 is 99.8. The monoisotopic (exact) mass is 892 g/mol. The Morgan fingerprint density at radius 1 is 0.574 bits per heavy atom. The number of hydrogen-bond acceptors (Lipinski definition) is 2. The third-order valence-corrected chi connectivity index (χ3v) is 12.3. The van der Waals surface area contributed by atoms with Crippen molar-refractivity contribution in [1.29, 1.82) is 0 Å². The molecule has 0 amide bonds. The fourth-order valence-electron chi connectivity index (χ4n) is 9.19. The van der Waals surface area contributed by atoms with Crippen LogP contribution in [0, 0.1) is 11.7 Å². The lowest BCUT2D eigenvalue weighted by atomic mass is 9.84. The first-order valence-corrected chi connectivity index (χ1v) is 22.8. The Kier molecular flexibility index (Phi) is 8.16. The van der Waals surface area contributed by atoms with Crippen molar-refractivity contribution in [2.45, 2.75) is 53.4 Å². The number of rotatable bonds is 9. The van der Waals surface area contributed by atoms with Crippen LogP contribution >= 0.6 is 0 Å². The number of ether oxygens (including phenoxy) is 1. The molecular formula is C63H54N4O. The van der Waals surface area contributed by atoms with E-state index < -0.39 is 60.4 Å². The van der Waals surface area contributed by atoms with Crippen molar-refractivity contribution in [3.63, 3.8) is 0 Å². The van der Waals surface area contributed by atoms with Crippen LogP contribution in [0.2, 0.25) is 0 Å². The summed E-state index contributed by atoms with van der Waals surface area (Å²) in [6, 6.07) is 39.9. The lowest BCUT2D eigenvalue weighted by molar-refractivity contribution is -0.571. The van der Waals surface area contributed by atoms with E-state index in [2.05, 4.69) is 101 Å². The molecule has 68 heavy (non-hydrogen) atoms. The lowest BCUT2D eigenvalue weighted by Gasteiger charge is -2.22. The van der Waals surface area contributed by atoms with Gasteiger partial charge in [0.05, 0.1) is 47.1 Å². The van der Waals surface area contributed by atoms with E-state index in [0.29, 0.717) is 28.2 Å². The van der Waals surface area contributed by atoms with Gasteiger partial charge in [0.25, 0.3) is 6.33 Å². The summed E-state index contributed by atoms with van der Waals surface area (Å²) in [5.41, 5.74) is 8.73. The quantitative estimate of drug-likeness (QED) is 0.107. The molecular weight excluding hydrogens is 829 g/mol. The van der Waals surface area contributed by atoms with E-state index in [1.165, 1.54) is 11.1 Å².